The van der Waals surface area contributed by atoms with Gasteiger partial charge in [-0.25, -0.2) is 4.39 Å². The van der Waals surface area contributed by atoms with E-state index >= 15 is 0 Å². The molecule has 0 amide bonds. The number of fused-ring (bicyclic) bond motifs is 1. The molecule has 0 N–H and O–H groups in total. The standard InChI is InChI=1S/C11H15FO3P2/c12-8-2-4-9-7(5-8)1-3-10(14-9)11(15-17)6-13-16/h2,4-5,10-11H,1,3,6,16-17H2/t10-,11-/m1/s1. The lowest BCUT2D eigenvalue weighted by atomic mass is 9.99. The second-order valence-corrected chi connectivity index (χ2v) is 4.56. The van der Waals surface area contributed by atoms with Crippen LogP contribution in [-0.2, 0) is 15.5 Å². The Labute approximate surface area is 105 Å². The molecule has 1 aliphatic heterocycles. The minimum Gasteiger partial charge on any atom is -0.487 e. The fraction of sp³-hybridized carbons (Fsp3) is 0.455. The van der Waals surface area contributed by atoms with E-state index in [2.05, 4.69) is 18.9 Å². The Balaban J connectivity index is 2.09. The Morgan fingerprint density at radius 2 is 2.29 bits per heavy atom. The van der Waals surface area contributed by atoms with Gasteiger partial charge in [0.25, 0.3) is 0 Å². The van der Waals surface area contributed by atoms with Gasteiger partial charge in [0.1, 0.15) is 23.8 Å². The van der Waals surface area contributed by atoms with E-state index in [0.29, 0.717) is 6.61 Å². The van der Waals surface area contributed by atoms with E-state index in [1.54, 1.807) is 6.07 Å². The van der Waals surface area contributed by atoms with Gasteiger partial charge in [0.05, 0.1) is 6.61 Å². The van der Waals surface area contributed by atoms with Gasteiger partial charge in [0.15, 0.2) is 0 Å². The molecule has 2 unspecified atom stereocenters. The molecule has 0 saturated carbocycles. The summed E-state index contributed by atoms with van der Waals surface area (Å²) in [5, 5.41) is 0. The predicted molar refractivity (Wildman–Crippen MR) is 69.4 cm³/mol. The second-order valence-electron chi connectivity index (χ2n) is 3.95. The molecule has 0 radical (unpaired) electrons. The topological polar surface area (TPSA) is 27.7 Å². The fourth-order valence-electron chi connectivity index (χ4n) is 1.97. The molecule has 0 bridgehead atoms. The number of rotatable bonds is 4. The molecular formula is C11H15FO3P2. The molecule has 17 heavy (non-hydrogen) atoms. The molecule has 0 saturated heterocycles. The zero-order chi connectivity index (χ0) is 12.3. The summed E-state index contributed by atoms with van der Waals surface area (Å²) in [6.45, 7) is 0.440. The average molecular weight is 276 g/mol. The van der Waals surface area contributed by atoms with E-state index in [1.807, 2.05) is 0 Å². The Morgan fingerprint density at radius 3 is 3.00 bits per heavy atom. The van der Waals surface area contributed by atoms with Crippen molar-refractivity contribution >= 4 is 18.9 Å². The van der Waals surface area contributed by atoms with Gasteiger partial charge in [-0.3, -0.25) is 0 Å². The van der Waals surface area contributed by atoms with E-state index in [4.69, 9.17) is 13.8 Å². The third-order valence-corrected chi connectivity index (χ3v) is 3.39. The number of hydrogen-bond acceptors (Lipinski definition) is 3. The van der Waals surface area contributed by atoms with Crippen molar-refractivity contribution in [3.8, 4) is 5.75 Å². The third-order valence-electron chi connectivity index (χ3n) is 2.85. The summed E-state index contributed by atoms with van der Waals surface area (Å²) in [6, 6.07) is 4.59. The highest BCUT2D eigenvalue weighted by Crippen LogP contribution is 2.30. The highest BCUT2D eigenvalue weighted by molar-refractivity contribution is 7.10. The first-order valence-corrected chi connectivity index (χ1v) is 6.31. The van der Waals surface area contributed by atoms with Crippen LogP contribution in [0.25, 0.3) is 0 Å². The van der Waals surface area contributed by atoms with Gasteiger partial charge in [-0.1, -0.05) is 0 Å². The normalized spacial score (nSPS) is 20.5. The van der Waals surface area contributed by atoms with Crippen LogP contribution in [0.3, 0.4) is 0 Å². The number of benzene rings is 1. The highest BCUT2D eigenvalue weighted by atomic mass is 31.0. The van der Waals surface area contributed by atoms with E-state index in [-0.39, 0.29) is 18.0 Å². The van der Waals surface area contributed by atoms with Gasteiger partial charge in [0.2, 0.25) is 0 Å². The molecule has 2 rings (SSSR count). The van der Waals surface area contributed by atoms with Crippen molar-refractivity contribution in [2.45, 2.75) is 25.0 Å². The summed E-state index contributed by atoms with van der Waals surface area (Å²) in [5.41, 5.74) is 0.913. The fourth-order valence-corrected chi connectivity index (χ4v) is 2.41. The summed E-state index contributed by atoms with van der Waals surface area (Å²) in [6.07, 6.45) is 1.38. The van der Waals surface area contributed by atoms with Crippen molar-refractivity contribution in [2.75, 3.05) is 6.61 Å². The van der Waals surface area contributed by atoms with Gasteiger partial charge in [-0.05, 0) is 36.6 Å². The third kappa shape index (κ3) is 3.14. The van der Waals surface area contributed by atoms with E-state index in [9.17, 15) is 4.39 Å². The number of hydrogen-bond donors (Lipinski definition) is 0. The summed E-state index contributed by atoms with van der Waals surface area (Å²) < 4.78 is 29.1. The highest BCUT2D eigenvalue weighted by Gasteiger charge is 2.28. The predicted octanol–water partition coefficient (Wildman–Crippen LogP) is 2.50. The summed E-state index contributed by atoms with van der Waals surface area (Å²) >= 11 is 0. The average Bonchev–Trinajstić information content (AvgIpc) is 2.35. The number of aryl methyl sites for hydroxylation is 1. The molecular weight excluding hydrogens is 261 g/mol. The molecule has 4 atom stereocenters. The first-order valence-electron chi connectivity index (χ1n) is 5.37. The van der Waals surface area contributed by atoms with Crippen LogP contribution in [0.2, 0.25) is 0 Å². The van der Waals surface area contributed by atoms with Crippen molar-refractivity contribution in [3.05, 3.63) is 29.6 Å². The Hall–Kier alpha value is -0.270. The maximum absolute atomic E-state index is 13.0. The van der Waals surface area contributed by atoms with Crippen LogP contribution in [0, 0.1) is 5.82 Å². The molecule has 1 aliphatic rings. The lowest BCUT2D eigenvalue weighted by Gasteiger charge is -2.30. The Kier molecular flexibility index (Phi) is 4.69. The molecule has 1 aromatic carbocycles. The van der Waals surface area contributed by atoms with E-state index < -0.39 is 0 Å². The quantitative estimate of drug-likeness (QED) is 0.791. The molecule has 94 valence electrons. The smallest absolute Gasteiger partial charge is 0.128 e. The van der Waals surface area contributed by atoms with Gasteiger partial charge in [-0.15, -0.1) is 0 Å². The monoisotopic (exact) mass is 276 g/mol. The van der Waals surface area contributed by atoms with Crippen molar-refractivity contribution in [2.24, 2.45) is 0 Å². The van der Waals surface area contributed by atoms with Gasteiger partial charge in [-0.2, -0.15) is 0 Å². The summed E-state index contributed by atoms with van der Waals surface area (Å²) in [5.74, 6) is 0.511. The molecule has 0 aromatic heterocycles. The van der Waals surface area contributed by atoms with Crippen molar-refractivity contribution in [1.29, 1.82) is 0 Å². The first-order chi connectivity index (χ1) is 8.24. The lowest BCUT2D eigenvalue weighted by Crippen LogP contribution is -2.37. The van der Waals surface area contributed by atoms with Gasteiger partial charge >= 0.3 is 0 Å². The molecule has 0 fully saturated rings. The molecule has 3 nitrogen and oxygen atoms in total. The summed E-state index contributed by atoms with van der Waals surface area (Å²) in [4.78, 5) is 0. The minimum atomic E-state index is -0.224. The zero-order valence-corrected chi connectivity index (χ0v) is 11.6. The van der Waals surface area contributed by atoms with Crippen molar-refractivity contribution < 1.29 is 18.2 Å². The van der Waals surface area contributed by atoms with Crippen molar-refractivity contribution in [3.63, 3.8) is 0 Å². The lowest BCUT2D eigenvalue weighted by molar-refractivity contribution is 0.0272. The maximum atomic E-state index is 13.0. The SMILES string of the molecule is Fc1ccc2c(c1)CC[C@H]([C@@H](COP)OP)O2. The van der Waals surface area contributed by atoms with Crippen LogP contribution in [0.1, 0.15) is 12.0 Å². The molecule has 1 heterocycles. The van der Waals surface area contributed by atoms with Gasteiger partial charge in [0, 0.05) is 18.9 Å². The number of halogens is 1. The molecule has 6 heteroatoms. The van der Waals surface area contributed by atoms with E-state index in [0.717, 1.165) is 24.2 Å². The van der Waals surface area contributed by atoms with Gasteiger partial charge < -0.3 is 13.8 Å². The van der Waals surface area contributed by atoms with E-state index in [1.165, 1.54) is 12.1 Å². The minimum absolute atomic E-state index is 0.0639. The Morgan fingerprint density at radius 1 is 1.47 bits per heavy atom. The molecule has 0 spiro atoms. The zero-order valence-electron chi connectivity index (χ0n) is 9.27. The van der Waals surface area contributed by atoms with Crippen LogP contribution < -0.4 is 4.74 Å². The molecule has 1 aromatic rings. The second kappa shape index (κ2) is 6.06. The maximum Gasteiger partial charge on any atom is 0.128 e. The van der Waals surface area contributed by atoms with Crippen molar-refractivity contribution in [1.82, 2.24) is 0 Å². The molecule has 0 aliphatic carbocycles. The summed E-state index contributed by atoms with van der Waals surface area (Å²) in [7, 11) is 4.43. The van der Waals surface area contributed by atoms with Crippen LogP contribution >= 0.6 is 18.9 Å². The van der Waals surface area contributed by atoms with Crippen LogP contribution in [0.15, 0.2) is 18.2 Å². The van der Waals surface area contributed by atoms with Crippen LogP contribution in [-0.4, -0.2) is 18.8 Å². The number of ether oxygens (including phenoxy) is 1. The van der Waals surface area contributed by atoms with Crippen LogP contribution in [0.5, 0.6) is 5.75 Å². The largest absolute Gasteiger partial charge is 0.487 e. The Bertz CT molecular complexity index is 389. The van der Waals surface area contributed by atoms with Crippen LogP contribution in [0.4, 0.5) is 4.39 Å². The first kappa shape index (κ1) is 13.2.